The van der Waals surface area contributed by atoms with Crippen molar-refractivity contribution in [1.82, 2.24) is 0 Å². The molecule has 0 N–H and O–H groups in total. The minimum absolute atomic E-state index is 0.0676. The van der Waals surface area contributed by atoms with E-state index in [9.17, 15) is 14.4 Å². The highest BCUT2D eigenvalue weighted by atomic mass is 16.6. The summed E-state index contributed by atoms with van der Waals surface area (Å²) < 4.78 is 17.0. The molecule has 0 rings (SSSR count). The fraction of sp³-hybridized carbons (Fsp3) is 0.857. The van der Waals surface area contributed by atoms with E-state index in [2.05, 4.69) is 69.4 Å². The first kappa shape index (κ1) is 80.4. The molecule has 0 fully saturated rings. The fourth-order valence-electron chi connectivity index (χ4n) is 11.2. The molecule has 0 aliphatic carbocycles. The van der Waals surface area contributed by atoms with E-state index in [4.69, 9.17) is 14.2 Å². The van der Waals surface area contributed by atoms with Crippen LogP contribution < -0.4 is 0 Å². The van der Waals surface area contributed by atoms with Gasteiger partial charge in [0.1, 0.15) is 13.2 Å². The molecule has 0 aromatic rings. The molecule has 0 saturated heterocycles. The van der Waals surface area contributed by atoms with Gasteiger partial charge in [0, 0.05) is 19.3 Å². The van der Waals surface area contributed by atoms with Gasteiger partial charge in [-0.2, -0.15) is 0 Å². The van der Waals surface area contributed by atoms with Crippen molar-refractivity contribution in [3.8, 4) is 0 Å². The fourth-order valence-corrected chi connectivity index (χ4v) is 11.2. The first-order valence-electron chi connectivity index (χ1n) is 37.1. The normalized spacial score (nSPS) is 12.3. The Hall–Kier alpha value is -2.63. The Labute approximate surface area is 518 Å². The van der Waals surface area contributed by atoms with E-state index in [1.807, 2.05) is 0 Å². The number of carbonyl (C=O) groups is 3. The third-order valence-electron chi connectivity index (χ3n) is 16.8. The van der Waals surface area contributed by atoms with E-state index in [0.717, 1.165) is 70.6 Å². The van der Waals surface area contributed by atoms with Crippen molar-refractivity contribution in [2.75, 3.05) is 13.2 Å². The van der Waals surface area contributed by atoms with Crippen LogP contribution in [0.4, 0.5) is 0 Å². The Morgan fingerprint density at radius 1 is 0.241 bits per heavy atom. The van der Waals surface area contributed by atoms with E-state index in [1.54, 1.807) is 0 Å². The second-order valence-electron chi connectivity index (χ2n) is 25.2. The third-order valence-corrected chi connectivity index (χ3v) is 16.8. The van der Waals surface area contributed by atoms with Gasteiger partial charge in [-0.3, -0.25) is 14.4 Å². The largest absolute Gasteiger partial charge is 0.462 e. The van der Waals surface area contributed by atoms with Crippen molar-refractivity contribution >= 4 is 17.9 Å². The van der Waals surface area contributed by atoms with Crippen LogP contribution in [0.25, 0.3) is 0 Å². The summed E-state index contributed by atoms with van der Waals surface area (Å²) in [5.41, 5.74) is 0. The molecule has 6 nitrogen and oxygen atoms in total. The lowest BCUT2D eigenvalue weighted by Crippen LogP contribution is -2.30. The van der Waals surface area contributed by atoms with Gasteiger partial charge in [-0.25, -0.2) is 0 Å². The third kappa shape index (κ3) is 70.0. The second-order valence-corrected chi connectivity index (χ2v) is 25.2. The standard InChI is InChI=1S/C77H142O6/c1-4-7-10-13-16-19-21-23-25-27-29-31-33-35-36-37-38-39-40-42-43-45-47-49-51-53-55-58-61-64-67-70-76(79)82-73-74(72-81-75(78)69-66-63-60-57-18-15-12-9-6-3)83-77(80)71-68-65-62-59-56-54-52-50-48-46-44-41-34-32-30-28-26-24-22-20-17-14-11-8-5-2/h21,23,27-30,33,35,74H,4-20,22,24-26,31-32,34,36-73H2,1-3H3/b23-21-,29-27-,30-28-,35-33-. The number of allylic oxidation sites excluding steroid dienone is 8. The van der Waals surface area contributed by atoms with Crippen molar-refractivity contribution in [2.45, 2.75) is 412 Å². The van der Waals surface area contributed by atoms with Gasteiger partial charge in [0.2, 0.25) is 0 Å². The predicted octanol–water partition coefficient (Wildman–Crippen LogP) is 25.7. The van der Waals surface area contributed by atoms with Crippen LogP contribution in [0, 0.1) is 0 Å². The molecule has 0 amide bonds. The monoisotopic (exact) mass is 1160 g/mol. The second kappa shape index (κ2) is 71.8. The molecule has 1 unspecified atom stereocenters. The summed E-state index contributed by atoms with van der Waals surface area (Å²) in [6.45, 7) is 6.68. The SMILES string of the molecule is CCCCCCC/C=C\C/C=C\C/C=C\CCCCCCCCCCCCCCCCCCC(=O)OCC(COC(=O)CCCCCCCCCCC)OC(=O)CCCCCCCCCCCCCCC/C=C\CCCCCCCCCC. The van der Waals surface area contributed by atoms with Gasteiger partial charge in [0.05, 0.1) is 0 Å². The highest BCUT2D eigenvalue weighted by molar-refractivity contribution is 5.71. The molecule has 0 saturated carbocycles. The smallest absolute Gasteiger partial charge is 0.306 e. The number of unbranched alkanes of at least 4 members (excludes halogenated alkanes) is 50. The van der Waals surface area contributed by atoms with Gasteiger partial charge < -0.3 is 14.2 Å². The van der Waals surface area contributed by atoms with E-state index in [-0.39, 0.29) is 31.1 Å². The first-order chi connectivity index (χ1) is 41.0. The number of rotatable bonds is 69. The molecule has 83 heavy (non-hydrogen) atoms. The van der Waals surface area contributed by atoms with Crippen LogP contribution in [0.3, 0.4) is 0 Å². The van der Waals surface area contributed by atoms with Crippen LogP contribution in [0.2, 0.25) is 0 Å². The average molecular weight is 1160 g/mol. The van der Waals surface area contributed by atoms with Crippen LogP contribution >= 0.6 is 0 Å². The molecule has 6 heteroatoms. The molecular weight excluding hydrogens is 1020 g/mol. The van der Waals surface area contributed by atoms with E-state index in [1.165, 1.54) is 295 Å². The number of esters is 3. The summed E-state index contributed by atoms with van der Waals surface area (Å²) in [4.78, 5) is 38.3. The Balaban J connectivity index is 4.08. The number of hydrogen-bond acceptors (Lipinski definition) is 6. The molecule has 0 heterocycles. The summed E-state index contributed by atoms with van der Waals surface area (Å²) in [6, 6.07) is 0. The zero-order valence-electron chi connectivity index (χ0n) is 56.0. The van der Waals surface area contributed by atoms with Gasteiger partial charge in [0.15, 0.2) is 6.10 Å². The summed E-state index contributed by atoms with van der Waals surface area (Å²) in [7, 11) is 0. The zero-order valence-corrected chi connectivity index (χ0v) is 56.0. The molecule has 0 bridgehead atoms. The van der Waals surface area contributed by atoms with Crippen LogP contribution in [0.1, 0.15) is 406 Å². The molecule has 0 aliphatic heterocycles. The van der Waals surface area contributed by atoms with Gasteiger partial charge in [-0.05, 0) is 83.5 Å². The summed E-state index contributed by atoms with van der Waals surface area (Å²) in [5.74, 6) is -0.843. The van der Waals surface area contributed by atoms with Gasteiger partial charge in [-0.1, -0.05) is 352 Å². The molecule has 486 valence electrons. The first-order valence-corrected chi connectivity index (χ1v) is 37.1. The van der Waals surface area contributed by atoms with Crippen LogP contribution in [0.5, 0.6) is 0 Å². The predicted molar refractivity (Wildman–Crippen MR) is 362 cm³/mol. The minimum Gasteiger partial charge on any atom is -0.462 e. The van der Waals surface area contributed by atoms with E-state index in [0.29, 0.717) is 19.3 Å². The van der Waals surface area contributed by atoms with Gasteiger partial charge >= 0.3 is 17.9 Å². The lowest BCUT2D eigenvalue weighted by molar-refractivity contribution is -0.167. The highest BCUT2D eigenvalue weighted by Crippen LogP contribution is 2.18. The summed E-state index contributed by atoms with van der Waals surface area (Å²) in [5, 5.41) is 0. The van der Waals surface area contributed by atoms with Gasteiger partial charge in [0.25, 0.3) is 0 Å². The Bertz CT molecular complexity index is 1430. The Morgan fingerprint density at radius 2 is 0.434 bits per heavy atom. The Morgan fingerprint density at radius 3 is 0.687 bits per heavy atom. The summed E-state index contributed by atoms with van der Waals surface area (Å²) in [6.07, 6.45) is 91.7. The maximum Gasteiger partial charge on any atom is 0.306 e. The van der Waals surface area contributed by atoms with Crippen LogP contribution in [-0.2, 0) is 28.6 Å². The molecule has 0 spiro atoms. The van der Waals surface area contributed by atoms with Crippen LogP contribution in [0.15, 0.2) is 48.6 Å². The quantitative estimate of drug-likeness (QED) is 0.0261. The van der Waals surface area contributed by atoms with E-state index < -0.39 is 6.10 Å². The van der Waals surface area contributed by atoms with Crippen LogP contribution in [-0.4, -0.2) is 37.2 Å². The topological polar surface area (TPSA) is 78.9 Å². The molecular formula is C77H142O6. The van der Waals surface area contributed by atoms with Crippen molar-refractivity contribution < 1.29 is 28.6 Å². The zero-order chi connectivity index (χ0) is 59.9. The van der Waals surface area contributed by atoms with Crippen molar-refractivity contribution in [3.63, 3.8) is 0 Å². The van der Waals surface area contributed by atoms with E-state index >= 15 is 0 Å². The minimum atomic E-state index is -0.770. The van der Waals surface area contributed by atoms with Gasteiger partial charge in [-0.15, -0.1) is 0 Å². The maximum absolute atomic E-state index is 12.9. The number of ether oxygens (including phenoxy) is 3. The number of hydrogen-bond donors (Lipinski definition) is 0. The number of carbonyl (C=O) groups excluding carboxylic acids is 3. The molecule has 1 atom stereocenters. The van der Waals surface area contributed by atoms with Crippen molar-refractivity contribution in [3.05, 3.63) is 48.6 Å². The average Bonchev–Trinajstić information content (AvgIpc) is 3.49. The van der Waals surface area contributed by atoms with Crippen molar-refractivity contribution in [1.29, 1.82) is 0 Å². The van der Waals surface area contributed by atoms with Crippen molar-refractivity contribution in [2.24, 2.45) is 0 Å². The summed E-state index contributed by atoms with van der Waals surface area (Å²) >= 11 is 0. The molecule has 0 aliphatic rings. The highest BCUT2D eigenvalue weighted by Gasteiger charge is 2.19. The Kier molecular flexibility index (Phi) is 69.6. The lowest BCUT2D eigenvalue weighted by atomic mass is 10.0. The molecule has 0 aromatic carbocycles. The lowest BCUT2D eigenvalue weighted by Gasteiger charge is -2.18. The maximum atomic E-state index is 12.9. The molecule has 0 aromatic heterocycles. The molecule has 0 radical (unpaired) electrons.